The average molecular weight is 436 g/mol. The Hall–Kier alpha value is -0.990. The van der Waals surface area contributed by atoms with Crippen LogP contribution in [0.4, 0.5) is 13.2 Å². The quantitative estimate of drug-likeness (QED) is 0.161. The number of esters is 1. The van der Waals surface area contributed by atoms with Gasteiger partial charge in [-0.25, -0.2) is 0 Å². The normalized spacial score (nSPS) is 25.2. The van der Waals surface area contributed by atoms with Crippen LogP contribution in [0.2, 0.25) is 0 Å². The third kappa shape index (κ3) is 8.72. The summed E-state index contributed by atoms with van der Waals surface area (Å²) in [5.41, 5.74) is -2.23. The number of hydroxylamine groups is 1. The SMILES string of the molecule is CC1C=C2CC(=CC(C)(C(=O)OCCCCCCCC[NH+]([O-])SC(F)(F)F)C1)C2. The van der Waals surface area contributed by atoms with Crippen molar-refractivity contribution >= 4 is 17.9 Å². The van der Waals surface area contributed by atoms with Gasteiger partial charge in [0.05, 0.1) is 18.6 Å². The van der Waals surface area contributed by atoms with Gasteiger partial charge in [0, 0.05) is 0 Å². The minimum Gasteiger partial charge on any atom is -0.621 e. The molecule has 0 heterocycles. The summed E-state index contributed by atoms with van der Waals surface area (Å²) in [4.78, 5) is 12.6. The number of alkyl halides is 3. The van der Waals surface area contributed by atoms with Gasteiger partial charge in [-0.3, -0.25) is 4.79 Å². The van der Waals surface area contributed by atoms with Crippen molar-refractivity contribution in [2.24, 2.45) is 11.3 Å². The number of ether oxygens (including phenoxy) is 1. The van der Waals surface area contributed by atoms with Crippen LogP contribution in [0, 0.1) is 16.5 Å². The zero-order chi connectivity index (χ0) is 21.5. The first-order valence-electron chi connectivity index (χ1n) is 10.4. The van der Waals surface area contributed by atoms with Crippen LogP contribution >= 0.6 is 11.9 Å². The third-order valence-corrected chi connectivity index (χ3v) is 6.06. The van der Waals surface area contributed by atoms with E-state index in [2.05, 4.69) is 19.1 Å². The molecule has 8 heteroatoms. The molecule has 3 rings (SSSR count). The van der Waals surface area contributed by atoms with Crippen molar-refractivity contribution in [2.75, 3.05) is 13.2 Å². The molecule has 3 unspecified atom stereocenters. The zero-order valence-corrected chi connectivity index (χ0v) is 18.1. The van der Waals surface area contributed by atoms with Crippen molar-refractivity contribution in [1.82, 2.24) is 0 Å². The van der Waals surface area contributed by atoms with Gasteiger partial charge in [-0.1, -0.05) is 49.5 Å². The highest BCUT2D eigenvalue weighted by molar-refractivity contribution is 7.93. The van der Waals surface area contributed by atoms with Gasteiger partial charge < -0.3 is 14.4 Å². The Morgan fingerprint density at radius 1 is 1.21 bits per heavy atom. The monoisotopic (exact) mass is 435 g/mol. The van der Waals surface area contributed by atoms with Crippen LogP contribution in [0.25, 0.3) is 0 Å². The van der Waals surface area contributed by atoms with Crippen molar-refractivity contribution in [3.8, 4) is 0 Å². The predicted octanol–water partition coefficient (Wildman–Crippen LogP) is 5.11. The van der Waals surface area contributed by atoms with Gasteiger partial charge in [0.1, 0.15) is 0 Å². The Bertz CT molecular complexity index is 611. The van der Waals surface area contributed by atoms with Gasteiger partial charge >= 0.3 is 11.5 Å². The number of hydrogen-bond acceptors (Lipinski definition) is 4. The molecular formula is C21H32F3NO3S. The number of allylic oxidation sites excluding steroid dienone is 3. The van der Waals surface area contributed by atoms with E-state index in [1.165, 1.54) is 11.1 Å². The lowest BCUT2D eigenvalue weighted by Crippen LogP contribution is -3.01. The maximum atomic E-state index is 12.6. The lowest BCUT2D eigenvalue weighted by atomic mass is 9.71. The molecule has 0 spiro atoms. The average Bonchev–Trinajstić information content (AvgIpc) is 2.54. The highest BCUT2D eigenvalue weighted by Crippen LogP contribution is 2.43. The Labute approximate surface area is 175 Å². The topological polar surface area (TPSA) is 53.8 Å². The minimum atomic E-state index is -4.48. The van der Waals surface area contributed by atoms with Crippen molar-refractivity contribution in [3.63, 3.8) is 0 Å². The number of unbranched alkanes of at least 4 members (excludes halogenated alkanes) is 5. The fourth-order valence-electron chi connectivity index (χ4n) is 4.12. The molecule has 4 nitrogen and oxygen atoms in total. The third-order valence-electron chi connectivity index (χ3n) is 5.40. The van der Waals surface area contributed by atoms with Gasteiger partial charge in [-0.15, -0.1) is 0 Å². The first-order chi connectivity index (χ1) is 13.6. The Kier molecular flexibility index (Phi) is 9.10. The van der Waals surface area contributed by atoms with Crippen molar-refractivity contribution < 1.29 is 27.2 Å². The second-order valence-corrected chi connectivity index (χ2v) is 9.63. The molecule has 0 aromatic rings. The van der Waals surface area contributed by atoms with Crippen LogP contribution in [0.3, 0.4) is 0 Å². The molecule has 3 aliphatic carbocycles. The van der Waals surface area contributed by atoms with Gasteiger partial charge in [-0.05, 0) is 51.4 Å². The fourth-order valence-corrected chi connectivity index (χ4v) is 4.63. The maximum absolute atomic E-state index is 12.6. The summed E-state index contributed by atoms with van der Waals surface area (Å²) in [6.45, 7) is 4.47. The number of nitrogens with one attached hydrogen (secondary N) is 1. The first-order valence-corrected chi connectivity index (χ1v) is 11.2. The van der Waals surface area contributed by atoms with Crippen LogP contribution in [-0.4, -0.2) is 24.6 Å². The van der Waals surface area contributed by atoms with Gasteiger partial charge in [0.15, 0.2) is 11.9 Å². The molecule has 3 aliphatic rings. The number of hydrogen-bond donors (Lipinski definition) is 1. The molecule has 29 heavy (non-hydrogen) atoms. The summed E-state index contributed by atoms with van der Waals surface area (Å²) in [7, 11) is 0. The Morgan fingerprint density at radius 3 is 2.48 bits per heavy atom. The van der Waals surface area contributed by atoms with E-state index < -0.39 is 27.3 Å². The molecular weight excluding hydrogens is 403 g/mol. The second kappa shape index (κ2) is 10.9. The summed E-state index contributed by atoms with van der Waals surface area (Å²) in [5, 5.41) is 11.1. The molecule has 1 N–H and O–H groups in total. The number of carbonyl (C=O) groups is 1. The second-order valence-electron chi connectivity index (χ2n) is 8.51. The standard InChI is InChI=1S/C21H32F3NO3S/c1-16-11-17-12-18(13-17)15-20(2,14-16)19(26)28-10-8-6-4-3-5-7-9-25(27)29-21(22,23)24/h11,15-16,25H,3-10,12-14H2,1-2H3. The number of halogens is 3. The molecule has 1 saturated carbocycles. The molecule has 0 aromatic heterocycles. The number of carbonyl (C=O) groups excluding carboxylic acids is 1. The van der Waals surface area contributed by atoms with Gasteiger partial charge in [0.2, 0.25) is 0 Å². The molecule has 166 valence electrons. The van der Waals surface area contributed by atoms with Crippen LogP contribution < -0.4 is 4.47 Å². The summed E-state index contributed by atoms with van der Waals surface area (Å²) in [5.74, 6) is 0.211. The van der Waals surface area contributed by atoms with Gasteiger partial charge in [-0.2, -0.15) is 13.2 Å². The zero-order valence-electron chi connectivity index (χ0n) is 17.3. The summed E-state index contributed by atoms with van der Waals surface area (Å²) >= 11 is -0.544. The minimum absolute atomic E-state index is 0.0367. The first kappa shape index (κ1) is 24.3. The van der Waals surface area contributed by atoms with Crippen LogP contribution in [0.15, 0.2) is 23.3 Å². The van der Waals surface area contributed by atoms with Crippen molar-refractivity contribution in [1.29, 1.82) is 0 Å². The number of quaternary nitrogens is 1. The van der Waals surface area contributed by atoms with E-state index in [-0.39, 0.29) is 12.5 Å². The summed E-state index contributed by atoms with van der Waals surface area (Å²) < 4.78 is 40.8. The van der Waals surface area contributed by atoms with Crippen molar-refractivity contribution in [3.05, 3.63) is 28.5 Å². The van der Waals surface area contributed by atoms with E-state index in [1.807, 2.05) is 6.92 Å². The Morgan fingerprint density at radius 2 is 1.83 bits per heavy atom. The van der Waals surface area contributed by atoms with E-state index >= 15 is 0 Å². The number of rotatable bonds is 11. The van der Waals surface area contributed by atoms with Crippen LogP contribution in [0.5, 0.6) is 0 Å². The molecule has 0 radical (unpaired) electrons. The molecule has 0 aromatic carbocycles. The molecule has 0 amide bonds. The van der Waals surface area contributed by atoms with E-state index in [4.69, 9.17) is 4.74 Å². The largest absolute Gasteiger partial charge is 0.621 e. The molecule has 0 saturated heterocycles. The highest BCUT2D eigenvalue weighted by Gasteiger charge is 2.37. The smallest absolute Gasteiger partial charge is 0.496 e. The van der Waals surface area contributed by atoms with Crippen LogP contribution in [-0.2, 0) is 9.53 Å². The van der Waals surface area contributed by atoms with Crippen molar-refractivity contribution in [2.45, 2.75) is 77.1 Å². The van der Waals surface area contributed by atoms with Gasteiger partial charge in [0.25, 0.3) is 0 Å². The Balaban J connectivity index is 1.54. The fraction of sp³-hybridized carbons (Fsp3) is 0.762. The summed E-state index contributed by atoms with van der Waals surface area (Å²) in [6, 6.07) is 0. The highest BCUT2D eigenvalue weighted by atomic mass is 32.2. The number of fused-ring (bicyclic) bond motifs is 4. The lowest BCUT2D eigenvalue weighted by molar-refractivity contribution is -0.698. The predicted molar refractivity (Wildman–Crippen MR) is 109 cm³/mol. The molecule has 1 fully saturated rings. The van der Waals surface area contributed by atoms with E-state index in [0.29, 0.717) is 18.9 Å². The molecule has 0 aliphatic heterocycles. The molecule has 2 bridgehead atoms. The molecule has 3 atom stereocenters. The van der Waals surface area contributed by atoms with E-state index in [0.717, 1.165) is 51.4 Å². The maximum Gasteiger partial charge on any atom is 0.496 e. The summed E-state index contributed by atoms with van der Waals surface area (Å²) in [6.07, 6.45) is 11.8. The van der Waals surface area contributed by atoms with Crippen LogP contribution in [0.1, 0.15) is 71.6 Å². The lowest BCUT2D eigenvalue weighted by Gasteiger charge is -2.34. The van der Waals surface area contributed by atoms with E-state index in [9.17, 15) is 23.2 Å². The van der Waals surface area contributed by atoms with E-state index in [1.54, 1.807) is 0 Å².